The van der Waals surface area contributed by atoms with Crippen molar-refractivity contribution in [2.75, 3.05) is 13.2 Å². The second kappa shape index (κ2) is 9.26. The monoisotopic (exact) mass is 391 g/mol. The Morgan fingerprint density at radius 1 is 1.25 bits per heavy atom. The Labute approximate surface area is 142 Å². The standard InChI is InChI=1S/C11H21NO10S2/c1-2-5(3-13)10(12-22-24(18,19)20)23-11-9(17)8(16)7(15)6(4-14)21-11/h5-9,11,13-17H,2-4H2,1H3,(H,18,19,20)/b12-10-/t5-,6+,7-,8+,9+,11+/m0/s1. The Balaban J connectivity index is 2.99. The highest BCUT2D eigenvalue weighted by Gasteiger charge is 2.44. The molecule has 0 radical (unpaired) electrons. The van der Waals surface area contributed by atoms with Gasteiger partial charge in [-0.1, -0.05) is 23.8 Å². The lowest BCUT2D eigenvalue weighted by molar-refractivity contribution is -0.205. The largest absolute Gasteiger partial charge is 0.466 e. The van der Waals surface area contributed by atoms with E-state index in [0.717, 1.165) is 0 Å². The molecule has 0 amide bonds. The highest BCUT2D eigenvalue weighted by atomic mass is 32.3. The number of aliphatic hydroxyl groups is 5. The summed E-state index contributed by atoms with van der Waals surface area (Å²) in [4.78, 5) is 0. The Morgan fingerprint density at radius 3 is 2.33 bits per heavy atom. The fourth-order valence-corrected chi connectivity index (χ4v) is 3.41. The number of aliphatic hydroxyl groups excluding tert-OH is 5. The van der Waals surface area contributed by atoms with Gasteiger partial charge in [0.1, 0.15) is 34.9 Å². The molecule has 0 unspecified atom stereocenters. The van der Waals surface area contributed by atoms with Gasteiger partial charge in [0.05, 0.1) is 13.2 Å². The third kappa shape index (κ3) is 5.79. The topological polar surface area (TPSA) is 186 Å². The molecule has 6 N–H and O–H groups in total. The fourth-order valence-electron chi connectivity index (χ4n) is 1.94. The highest BCUT2D eigenvalue weighted by molar-refractivity contribution is 8.14. The third-order valence-electron chi connectivity index (χ3n) is 3.37. The van der Waals surface area contributed by atoms with E-state index in [1.807, 2.05) is 0 Å². The summed E-state index contributed by atoms with van der Waals surface area (Å²) in [5, 5.41) is 51.0. The van der Waals surface area contributed by atoms with E-state index in [0.29, 0.717) is 18.2 Å². The molecule has 0 aliphatic carbocycles. The zero-order valence-corrected chi connectivity index (χ0v) is 14.3. The fraction of sp³-hybridized carbons (Fsp3) is 0.909. The number of ether oxygens (including phenoxy) is 1. The molecule has 0 saturated carbocycles. The second-order valence-corrected chi connectivity index (χ2v) is 7.16. The van der Waals surface area contributed by atoms with Crippen LogP contribution in [0.2, 0.25) is 0 Å². The molecule has 1 aliphatic rings. The molecule has 13 heteroatoms. The quantitative estimate of drug-likeness (QED) is 0.118. The summed E-state index contributed by atoms with van der Waals surface area (Å²) in [6, 6.07) is 0. The van der Waals surface area contributed by atoms with E-state index in [2.05, 4.69) is 9.44 Å². The van der Waals surface area contributed by atoms with Crippen molar-refractivity contribution in [2.45, 2.75) is 43.2 Å². The molecule has 0 aromatic carbocycles. The van der Waals surface area contributed by atoms with Crippen molar-refractivity contribution in [3.8, 4) is 0 Å². The molecule has 1 saturated heterocycles. The molecule has 1 rings (SSSR count). The van der Waals surface area contributed by atoms with Gasteiger partial charge >= 0.3 is 10.4 Å². The highest BCUT2D eigenvalue weighted by Crippen LogP contribution is 2.31. The van der Waals surface area contributed by atoms with E-state index in [4.69, 9.17) is 14.4 Å². The van der Waals surface area contributed by atoms with Gasteiger partial charge in [-0.2, -0.15) is 8.42 Å². The van der Waals surface area contributed by atoms with Crippen LogP contribution in [-0.2, 0) is 19.4 Å². The summed E-state index contributed by atoms with van der Waals surface area (Å²) in [5.41, 5.74) is -1.23. The molecular formula is C11H21NO10S2. The van der Waals surface area contributed by atoms with E-state index in [-0.39, 0.29) is 5.04 Å². The van der Waals surface area contributed by atoms with Crippen LogP contribution in [0.5, 0.6) is 0 Å². The van der Waals surface area contributed by atoms with Crippen LogP contribution in [-0.4, -0.2) is 86.6 Å². The first-order valence-electron chi connectivity index (χ1n) is 6.96. The van der Waals surface area contributed by atoms with Crippen molar-refractivity contribution in [2.24, 2.45) is 11.1 Å². The molecule has 0 aromatic rings. The Bertz CT molecular complexity index is 521. The van der Waals surface area contributed by atoms with E-state index in [1.165, 1.54) is 0 Å². The lowest BCUT2D eigenvalue weighted by atomic mass is 10.0. The normalized spacial score (nSPS) is 33.3. The molecule has 11 nitrogen and oxygen atoms in total. The van der Waals surface area contributed by atoms with Gasteiger partial charge in [0.25, 0.3) is 0 Å². The molecular weight excluding hydrogens is 370 g/mol. The second-order valence-electron chi connectivity index (χ2n) is 5.03. The minimum Gasteiger partial charge on any atom is -0.396 e. The average molecular weight is 391 g/mol. The van der Waals surface area contributed by atoms with Crippen LogP contribution < -0.4 is 0 Å². The van der Waals surface area contributed by atoms with Crippen molar-refractivity contribution in [3.63, 3.8) is 0 Å². The van der Waals surface area contributed by atoms with Crippen LogP contribution in [0.15, 0.2) is 5.16 Å². The number of oxime groups is 1. The van der Waals surface area contributed by atoms with Crippen LogP contribution in [0.3, 0.4) is 0 Å². The minimum atomic E-state index is -4.87. The molecule has 24 heavy (non-hydrogen) atoms. The third-order valence-corrected chi connectivity index (χ3v) is 4.90. The summed E-state index contributed by atoms with van der Waals surface area (Å²) >= 11 is 0.632. The first-order chi connectivity index (χ1) is 11.1. The smallest absolute Gasteiger partial charge is 0.396 e. The molecule has 0 aromatic heterocycles. The zero-order chi connectivity index (χ0) is 18.5. The Hall–Kier alpha value is -0.510. The van der Waals surface area contributed by atoms with Gasteiger partial charge in [-0.05, 0) is 6.42 Å². The SMILES string of the molecule is CC[C@@H](CO)/C(=N/OS(=O)(=O)O)S[C@H]1O[C@H](CO)[C@H](O)[C@@H](O)[C@H]1O. The zero-order valence-electron chi connectivity index (χ0n) is 12.7. The summed E-state index contributed by atoms with van der Waals surface area (Å²) < 4.78 is 39.1. The average Bonchev–Trinajstić information content (AvgIpc) is 2.52. The number of rotatable bonds is 7. The van der Waals surface area contributed by atoms with E-state index in [1.54, 1.807) is 6.92 Å². The summed E-state index contributed by atoms with van der Waals surface area (Å²) in [7, 11) is -4.87. The molecule has 0 bridgehead atoms. The summed E-state index contributed by atoms with van der Waals surface area (Å²) in [5.74, 6) is -0.691. The van der Waals surface area contributed by atoms with Crippen LogP contribution in [0.25, 0.3) is 0 Å². The lowest BCUT2D eigenvalue weighted by Gasteiger charge is -2.39. The molecule has 6 atom stereocenters. The molecule has 0 spiro atoms. The molecule has 142 valence electrons. The van der Waals surface area contributed by atoms with Crippen LogP contribution >= 0.6 is 11.8 Å². The number of hydrogen-bond acceptors (Lipinski definition) is 11. The van der Waals surface area contributed by atoms with Crippen molar-refractivity contribution >= 4 is 27.2 Å². The van der Waals surface area contributed by atoms with E-state index < -0.39 is 59.4 Å². The van der Waals surface area contributed by atoms with Crippen molar-refractivity contribution in [1.29, 1.82) is 0 Å². The van der Waals surface area contributed by atoms with Gasteiger partial charge in [-0.3, -0.25) is 4.55 Å². The van der Waals surface area contributed by atoms with E-state index in [9.17, 15) is 28.8 Å². The Kier molecular flexibility index (Phi) is 8.31. The molecule has 1 fully saturated rings. The van der Waals surface area contributed by atoms with Crippen molar-refractivity contribution < 1.29 is 47.5 Å². The Morgan fingerprint density at radius 2 is 1.88 bits per heavy atom. The van der Waals surface area contributed by atoms with Gasteiger partial charge < -0.3 is 30.3 Å². The van der Waals surface area contributed by atoms with Crippen molar-refractivity contribution in [1.82, 2.24) is 0 Å². The van der Waals surface area contributed by atoms with Crippen LogP contribution in [0, 0.1) is 5.92 Å². The first kappa shape index (κ1) is 21.5. The van der Waals surface area contributed by atoms with Gasteiger partial charge in [0.15, 0.2) is 0 Å². The summed E-state index contributed by atoms with van der Waals surface area (Å²) in [6.45, 7) is 0.597. The number of thioether (sulfide) groups is 1. The predicted octanol–water partition coefficient (Wildman–Crippen LogP) is -2.33. The predicted molar refractivity (Wildman–Crippen MR) is 82.3 cm³/mol. The van der Waals surface area contributed by atoms with Gasteiger partial charge in [-0.25, -0.2) is 4.28 Å². The lowest BCUT2D eigenvalue weighted by Crippen LogP contribution is -2.57. The molecule has 1 heterocycles. The van der Waals surface area contributed by atoms with Gasteiger partial charge in [0.2, 0.25) is 0 Å². The maximum Gasteiger partial charge on any atom is 0.466 e. The first-order valence-corrected chi connectivity index (χ1v) is 9.21. The van der Waals surface area contributed by atoms with Crippen molar-refractivity contribution in [3.05, 3.63) is 0 Å². The van der Waals surface area contributed by atoms with Gasteiger partial charge in [0, 0.05) is 5.92 Å². The maximum absolute atomic E-state index is 10.7. The van der Waals surface area contributed by atoms with E-state index >= 15 is 0 Å². The maximum atomic E-state index is 10.7. The van der Waals surface area contributed by atoms with Gasteiger partial charge in [-0.15, -0.1) is 0 Å². The molecule has 1 aliphatic heterocycles. The van der Waals surface area contributed by atoms with Crippen LogP contribution in [0.4, 0.5) is 0 Å². The minimum absolute atomic E-state index is 0.123. The number of hydrogen-bond donors (Lipinski definition) is 6. The summed E-state index contributed by atoms with van der Waals surface area (Å²) in [6.07, 6.45) is -5.59. The number of nitrogens with zero attached hydrogens (tertiary/aromatic N) is 1. The van der Waals surface area contributed by atoms with Crippen LogP contribution in [0.1, 0.15) is 13.3 Å².